The maximum Gasteiger partial charge on any atom is 0.243 e. The van der Waals surface area contributed by atoms with Gasteiger partial charge in [0.15, 0.2) is 11.5 Å². The van der Waals surface area contributed by atoms with Crippen molar-refractivity contribution in [1.29, 1.82) is 0 Å². The molecule has 0 spiro atoms. The molecule has 6 nitrogen and oxygen atoms in total. The zero-order valence-corrected chi connectivity index (χ0v) is 18.1. The fourth-order valence-electron chi connectivity index (χ4n) is 3.44. The second-order valence-corrected chi connectivity index (χ2v) is 7.22. The van der Waals surface area contributed by atoms with E-state index in [0.717, 1.165) is 27.9 Å². The molecule has 0 atom stereocenters. The average molecular weight is 399 g/mol. The summed E-state index contributed by atoms with van der Waals surface area (Å²) in [6.07, 6.45) is 0.775. The van der Waals surface area contributed by atoms with Crippen LogP contribution < -0.4 is 14.8 Å². The van der Waals surface area contributed by atoms with Crippen LogP contribution in [0, 0.1) is 20.8 Å². The molecule has 0 bridgehead atoms. The molecule has 2 amide bonds. The van der Waals surface area contributed by atoms with Crippen LogP contribution in [0.4, 0.5) is 5.69 Å². The van der Waals surface area contributed by atoms with Crippen LogP contribution >= 0.6 is 0 Å². The SMILES string of the molecule is COc1cccc(CCC(=O)N(C)CC(=O)Nc2c(C)cc(C)cc2C)c1OC. The zero-order chi connectivity index (χ0) is 21.6. The lowest BCUT2D eigenvalue weighted by molar-refractivity contribution is -0.133. The number of carbonyl (C=O) groups is 2. The summed E-state index contributed by atoms with van der Waals surface area (Å²) in [5, 5.41) is 2.93. The average Bonchev–Trinajstić information content (AvgIpc) is 2.68. The van der Waals surface area contributed by atoms with Crippen molar-refractivity contribution in [2.45, 2.75) is 33.6 Å². The normalized spacial score (nSPS) is 10.4. The molecule has 0 aliphatic rings. The molecule has 1 N–H and O–H groups in total. The molecule has 0 radical (unpaired) electrons. The van der Waals surface area contributed by atoms with Gasteiger partial charge in [-0.2, -0.15) is 0 Å². The van der Waals surface area contributed by atoms with E-state index in [2.05, 4.69) is 5.32 Å². The van der Waals surface area contributed by atoms with E-state index in [-0.39, 0.29) is 24.8 Å². The number of ether oxygens (including phenoxy) is 2. The molecular formula is C23H30N2O4. The van der Waals surface area contributed by atoms with Crippen molar-refractivity contribution in [3.05, 3.63) is 52.6 Å². The van der Waals surface area contributed by atoms with Crippen LogP contribution in [0.2, 0.25) is 0 Å². The third-order valence-electron chi connectivity index (χ3n) is 4.84. The highest BCUT2D eigenvalue weighted by Gasteiger charge is 2.16. The summed E-state index contributed by atoms with van der Waals surface area (Å²) in [5.74, 6) is 0.944. The van der Waals surface area contributed by atoms with Crippen molar-refractivity contribution in [3.8, 4) is 11.5 Å². The number of rotatable bonds is 8. The number of hydrogen-bond donors (Lipinski definition) is 1. The summed E-state index contributed by atoms with van der Waals surface area (Å²) in [7, 11) is 4.80. The van der Waals surface area contributed by atoms with E-state index in [1.807, 2.05) is 51.1 Å². The highest BCUT2D eigenvalue weighted by molar-refractivity contribution is 5.95. The molecule has 0 aliphatic heterocycles. The third-order valence-corrected chi connectivity index (χ3v) is 4.84. The fourth-order valence-corrected chi connectivity index (χ4v) is 3.44. The molecule has 2 rings (SSSR count). The van der Waals surface area contributed by atoms with Gasteiger partial charge in [0.1, 0.15) is 0 Å². The van der Waals surface area contributed by atoms with Gasteiger partial charge >= 0.3 is 0 Å². The van der Waals surface area contributed by atoms with Gasteiger partial charge in [-0.05, 0) is 49.9 Å². The van der Waals surface area contributed by atoms with Crippen molar-refractivity contribution in [1.82, 2.24) is 4.90 Å². The first-order valence-corrected chi connectivity index (χ1v) is 9.58. The molecule has 6 heteroatoms. The van der Waals surface area contributed by atoms with Gasteiger partial charge in [-0.15, -0.1) is 0 Å². The van der Waals surface area contributed by atoms with E-state index in [4.69, 9.17) is 9.47 Å². The van der Waals surface area contributed by atoms with E-state index in [1.165, 1.54) is 4.90 Å². The molecule has 0 saturated carbocycles. The van der Waals surface area contributed by atoms with Crippen LogP contribution in [0.1, 0.15) is 28.7 Å². The van der Waals surface area contributed by atoms with Crippen LogP contribution in [-0.2, 0) is 16.0 Å². The molecular weight excluding hydrogens is 368 g/mol. The van der Waals surface area contributed by atoms with Crippen molar-refractivity contribution in [3.63, 3.8) is 0 Å². The monoisotopic (exact) mass is 398 g/mol. The van der Waals surface area contributed by atoms with Gasteiger partial charge in [0, 0.05) is 19.2 Å². The Morgan fingerprint density at radius 1 is 1.03 bits per heavy atom. The van der Waals surface area contributed by atoms with Crippen LogP contribution in [-0.4, -0.2) is 44.5 Å². The first-order chi connectivity index (χ1) is 13.8. The van der Waals surface area contributed by atoms with E-state index in [9.17, 15) is 9.59 Å². The highest BCUT2D eigenvalue weighted by atomic mass is 16.5. The second-order valence-electron chi connectivity index (χ2n) is 7.22. The van der Waals surface area contributed by atoms with Gasteiger partial charge in [-0.25, -0.2) is 0 Å². The van der Waals surface area contributed by atoms with E-state index in [0.29, 0.717) is 17.9 Å². The third kappa shape index (κ3) is 5.73. The zero-order valence-electron chi connectivity index (χ0n) is 18.1. The maximum absolute atomic E-state index is 12.5. The first kappa shape index (κ1) is 22.3. The lowest BCUT2D eigenvalue weighted by Crippen LogP contribution is -2.35. The number of hydrogen-bond acceptors (Lipinski definition) is 4. The van der Waals surface area contributed by atoms with Crippen molar-refractivity contribution >= 4 is 17.5 Å². The quantitative estimate of drug-likeness (QED) is 0.737. The number of aryl methyl sites for hydroxylation is 4. The van der Waals surface area contributed by atoms with Gasteiger partial charge in [0.2, 0.25) is 11.8 Å². The van der Waals surface area contributed by atoms with Crippen molar-refractivity contribution in [2.24, 2.45) is 0 Å². The molecule has 2 aromatic carbocycles. The van der Waals surface area contributed by atoms with Crippen LogP contribution in [0.3, 0.4) is 0 Å². The summed E-state index contributed by atoms with van der Waals surface area (Å²) in [6.45, 7) is 5.95. The Hall–Kier alpha value is -3.02. The van der Waals surface area contributed by atoms with E-state index >= 15 is 0 Å². The molecule has 2 aromatic rings. The predicted molar refractivity (Wildman–Crippen MR) is 115 cm³/mol. The summed E-state index contributed by atoms with van der Waals surface area (Å²) in [6, 6.07) is 9.64. The highest BCUT2D eigenvalue weighted by Crippen LogP contribution is 2.31. The summed E-state index contributed by atoms with van der Waals surface area (Å²) in [4.78, 5) is 26.4. The lowest BCUT2D eigenvalue weighted by Gasteiger charge is -2.19. The largest absolute Gasteiger partial charge is 0.493 e. The van der Waals surface area contributed by atoms with Crippen molar-refractivity contribution < 1.29 is 19.1 Å². The summed E-state index contributed by atoms with van der Waals surface area (Å²) in [5.41, 5.74) is 4.87. The summed E-state index contributed by atoms with van der Waals surface area (Å²) >= 11 is 0. The fraction of sp³-hybridized carbons (Fsp3) is 0.391. The van der Waals surface area contributed by atoms with Gasteiger partial charge in [0.05, 0.1) is 20.8 Å². The Bertz CT molecular complexity index is 869. The number of benzene rings is 2. The summed E-state index contributed by atoms with van der Waals surface area (Å²) < 4.78 is 10.7. The topological polar surface area (TPSA) is 67.9 Å². The molecule has 0 aromatic heterocycles. The molecule has 0 unspecified atom stereocenters. The first-order valence-electron chi connectivity index (χ1n) is 9.58. The second kappa shape index (κ2) is 9.96. The molecule has 29 heavy (non-hydrogen) atoms. The van der Waals surface area contributed by atoms with Crippen molar-refractivity contribution in [2.75, 3.05) is 33.1 Å². The number of likely N-dealkylation sites (N-methyl/N-ethyl adjacent to an activating group) is 1. The Morgan fingerprint density at radius 3 is 2.28 bits per heavy atom. The molecule has 0 saturated heterocycles. The number of methoxy groups -OCH3 is 2. The lowest BCUT2D eigenvalue weighted by atomic mass is 10.1. The molecule has 0 heterocycles. The number of anilines is 1. The number of para-hydroxylation sites is 1. The Morgan fingerprint density at radius 2 is 1.69 bits per heavy atom. The van der Waals surface area contributed by atoms with Gasteiger partial charge in [0.25, 0.3) is 0 Å². The van der Waals surface area contributed by atoms with E-state index in [1.54, 1.807) is 21.3 Å². The Kier molecular flexibility index (Phi) is 7.65. The molecule has 156 valence electrons. The van der Waals surface area contributed by atoms with Crippen LogP contribution in [0.5, 0.6) is 11.5 Å². The number of nitrogens with one attached hydrogen (secondary N) is 1. The van der Waals surface area contributed by atoms with Gasteiger partial charge in [-0.3, -0.25) is 9.59 Å². The maximum atomic E-state index is 12.5. The van der Waals surface area contributed by atoms with Crippen LogP contribution in [0.25, 0.3) is 0 Å². The van der Waals surface area contributed by atoms with Gasteiger partial charge in [-0.1, -0.05) is 29.8 Å². The minimum atomic E-state index is -0.213. The predicted octanol–water partition coefficient (Wildman–Crippen LogP) is 3.66. The van der Waals surface area contributed by atoms with Gasteiger partial charge < -0.3 is 19.7 Å². The minimum Gasteiger partial charge on any atom is -0.493 e. The number of carbonyl (C=O) groups excluding carboxylic acids is 2. The standard InChI is InChI=1S/C23H30N2O4/c1-15-12-16(2)22(17(3)13-15)24-20(26)14-25(4)21(27)11-10-18-8-7-9-19(28-5)23(18)29-6/h7-9,12-13H,10-11,14H2,1-6H3,(H,24,26). The smallest absolute Gasteiger partial charge is 0.243 e. The number of amides is 2. The minimum absolute atomic E-state index is 0.000829. The molecule has 0 fully saturated rings. The number of nitrogens with zero attached hydrogens (tertiary/aromatic N) is 1. The Balaban J connectivity index is 1.95. The molecule has 0 aliphatic carbocycles. The van der Waals surface area contributed by atoms with Crippen LogP contribution in [0.15, 0.2) is 30.3 Å². The Labute approximate surface area is 172 Å². The van der Waals surface area contributed by atoms with E-state index < -0.39 is 0 Å².